The van der Waals surface area contributed by atoms with Crippen LogP contribution in [0.5, 0.6) is 0 Å². The van der Waals surface area contributed by atoms with Gasteiger partial charge in [-0.05, 0) is 31.4 Å². The second-order valence-electron chi connectivity index (χ2n) is 5.45. The van der Waals surface area contributed by atoms with E-state index in [-0.39, 0.29) is 0 Å². The number of carbonyl (C=O) groups excluding carboxylic acids is 1. The predicted molar refractivity (Wildman–Crippen MR) is 71.4 cm³/mol. The van der Waals surface area contributed by atoms with Gasteiger partial charge in [-0.15, -0.1) is 0 Å². The van der Waals surface area contributed by atoms with Crippen LogP contribution in [0.1, 0.15) is 60.0 Å². The van der Waals surface area contributed by atoms with Crippen molar-refractivity contribution in [2.45, 2.75) is 52.4 Å². The van der Waals surface area contributed by atoms with Gasteiger partial charge in [-0.25, -0.2) is 0 Å². The molecule has 1 nitrogen and oxygen atoms in total. The summed E-state index contributed by atoms with van der Waals surface area (Å²) in [5.74, 6) is 0.981. The number of Topliss-reactive ketones (excluding diaryl/α,β-unsaturated/α-hetero) is 1. The van der Waals surface area contributed by atoms with Crippen LogP contribution in [-0.2, 0) is 0 Å². The minimum absolute atomic E-state index is 0.345. The molecule has 0 heterocycles. The Morgan fingerprint density at radius 2 is 1.88 bits per heavy atom. The van der Waals surface area contributed by atoms with E-state index in [0.717, 1.165) is 17.5 Å². The molecule has 0 spiro atoms. The van der Waals surface area contributed by atoms with E-state index < -0.39 is 0 Å². The van der Waals surface area contributed by atoms with Gasteiger partial charge >= 0.3 is 0 Å². The second-order valence-corrected chi connectivity index (χ2v) is 5.45. The molecule has 0 radical (unpaired) electrons. The summed E-state index contributed by atoms with van der Waals surface area (Å²) >= 11 is 0. The van der Waals surface area contributed by atoms with Crippen molar-refractivity contribution in [2.24, 2.45) is 5.92 Å². The van der Waals surface area contributed by atoms with E-state index in [1.807, 2.05) is 13.0 Å². The lowest BCUT2D eigenvalue weighted by molar-refractivity contribution is 0.0949. The van der Waals surface area contributed by atoms with E-state index in [2.05, 4.69) is 19.1 Å². The van der Waals surface area contributed by atoms with Crippen LogP contribution in [-0.4, -0.2) is 5.78 Å². The minimum Gasteiger partial charge on any atom is -0.294 e. The molecule has 92 valence electrons. The third kappa shape index (κ3) is 3.18. The topological polar surface area (TPSA) is 17.1 Å². The number of aryl methyl sites for hydroxylation is 2. The third-order valence-electron chi connectivity index (χ3n) is 3.89. The lowest BCUT2D eigenvalue weighted by Crippen LogP contribution is -2.13. The molecule has 1 saturated carbocycles. The zero-order valence-corrected chi connectivity index (χ0v) is 11.0. The maximum Gasteiger partial charge on any atom is 0.163 e. The SMILES string of the molecule is Cc1ccc(C)c(C(=O)CC2CCCCC2)c1. The Morgan fingerprint density at radius 1 is 1.18 bits per heavy atom. The molecule has 0 unspecified atom stereocenters. The van der Waals surface area contributed by atoms with E-state index in [0.29, 0.717) is 11.7 Å². The molecule has 2 rings (SSSR count). The van der Waals surface area contributed by atoms with Gasteiger partial charge in [0.05, 0.1) is 0 Å². The molecule has 0 amide bonds. The average molecular weight is 230 g/mol. The fraction of sp³-hybridized carbons (Fsp3) is 0.562. The molecule has 1 aromatic rings. The van der Waals surface area contributed by atoms with Gasteiger partial charge in [0.1, 0.15) is 0 Å². The minimum atomic E-state index is 0.345. The zero-order chi connectivity index (χ0) is 12.3. The number of hydrogen-bond acceptors (Lipinski definition) is 1. The summed E-state index contributed by atoms with van der Waals surface area (Å²) in [7, 11) is 0. The van der Waals surface area contributed by atoms with Crippen LogP contribution in [0.25, 0.3) is 0 Å². The smallest absolute Gasteiger partial charge is 0.163 e. The number of carbonyl (C=O) groups is 1. The van der Waals surface area contributed by atoms with Crippen molar-refractivity contribution in [1.82, 2.24) is 0 Å². The summed E-state index contributed by atoms with van der Waals surface area (Å²) < 4.78 is 0. The molecule has 0 bridgehead atoms. The van der Waals surface area contributed by atoms with Gasteiger partial charge in [0.25, 0.3) is 0 Å². The van der Waals surface area contributed by atoms with E-state index in [1.165, 1.54) is 37.7 Å². The molecule has 1 aliphatic rings. The van der Waals surface area contributed by atoms with Crippen molar-refractivity contribution in [3.05, 3.63) is 34.9 Å². The molecular formula is C16H22O. The quantitative estimate of drug-likeness (QED) is 0.701. The largest absolute Gasteiger partial charge is 0.294 e. The fourth-order valence-electron chi connectivity index (χ4n) is 2.80. The summed E-state index contributed by atoms with van der Waals surface area (Å²) in [6.07, 6.45) is 7.22. The van der Waals surface area contributed by atoms with Gasteiger partial charge in [0.15, 0.2) is 5.78 Å². The van der Waals surface area contributed by atoms with Crippen LogP contribution in [0, 0.1) is 19.8 Å². The van der Waals surface area contributed by atoms with Crippen LogP contribution in [0.3, 0.4) is 0 Å². The first-order valence-corrected chi connectivity index (χ1v) is 6.77. The fourth-order valence-corrected chi connectivity index (χ4v) is 2.80. The van der Waals surface area contributed by atoms with Gasteiger partial charge < -0.3 is 0 Å². The molecule has 1 aromatic carbocycles. The van der Waals surface area contributed by atoms with Crippen LogP contribution < -0.4 is 0 Å². The van der Waals surface area contributed by atoms with Crippen molar-refractivity contribution in [2.75, 3.05) is 0 Å². The first kappa shape index (κ1) is 12.3. The maximum absolute atomic E-state index is 12.3. The highest BCUT2D eigenvalue weighted by molar-refractivity contribution is 5.97. The molecule has 1 heteroatoms. The van der Waals surface area contributed by atoms with Gasteiger partial charge in [0.2, 0.25) is 0 Å². The molecule has 0 saturated heterocycles. The Hall–Kier alpha value is -1.11. The van der Waals surface area contributed by atoms with E-state index in [9.17, 15) is 4.79 Å². The lowest BCUT2D eigenvalue weighted by Gasteiger charge is -2.21. The summed E-state index contributed by atoms with van der Waals surface area (Å²) in [6, 6.07) is 6.18. The van der Waals surface area contributed by atoms with Crippen LogP contribution in [0.4, 0.5) is 0 Å². The summed E-state index contributed by atoms with van der Waals surface area (Å²) in [5, 5.41) is 0. The molecule has 0 aliphatic heterocycles. The highest BCUT2D eigenvalue weighted by Crippen LogP contribution is 2.28. The Bertz CT molecular complexity index is 400. The summed E-state index contributed by atoms with van der Waals surface area (Å²) in [5.41, 5.74) is 3.24. The standard InChI is InChI=1S/C16H22O/c1-12-8-9-13(2)15(10-12)16(17)11-14-6-4-3-5-7-14/h8-10,14H,3-7,11H2,1-2H3. The van der Waals surface area contributed by atoms with Gasteiger partial charge in [0, 0.05) is 12.0 Å². The van der Waals surface area contributed by atoms with Crippen molar-refractivity contribution < 1.29 is 4.79 Å². The van der Waals surface area contributed by atoms with Gasteiger partial charge in [-0.1, -0.05) is 49.8 Å². The summed E-state index contributed by atoms with van der Waals surface area (Å²) in [6.45, 7) is 4.09. The Labute approximate surface area is 104 Å². The molecule has 1 aliphatic carbocycles. The number of rotatable bonds is 3. The van der Waals surface area contributed by atoms with Crippen molar-refractivity contribution in [3.8, 4) is 0 Å². The van der Waals surface area contributed by atoms with E-state index in [1.54, 1.807) is 0 Å². The molecule has 1 fully saturated rings. The zero-order valence-electron chi connectivity index (χ0n) is 11.0. The van der Waals surface area contributed by atoms with E-state index >= 15 is 0 Å². The van der Waals surface area contributed by atoms with Crippen LogP contribution >= 0.6 is 0 Å². The molecule has 0 aromatic heterocycles. The lowest BCUT2D eigenvalue weighted by atomic mass is 9.84. The number of benzene rings is 1. The van der Waals surface area contributed by atoms with Crippen molar-refractivity contribution in [3.63, 3.8) is 0 Å². The number of ketones is 1. The Morgan fingerprint density at radius 3 is 2.59 bits per heavy atom. The molecule has 0 N–H and O–H groups in total. The van der Waals surface area contributed by atoms with Crippen LogP contribution in [0.2, 0.25) is 0 Å². The highest BCUT2D eigenvalue weighted by atomic mass is 16.1. The molecule has 17 heavy (non-hydrogen) atoms. The van der Waals surface area contributed by atoms with E-state index in [4.69, 9.17) is 0 Å². The van der Waals surface area contributed by atoms with Gasteiger partial charge in [-0.3, -0.25) is 4.79 Å². The Kier molecular flexibility index (Phi) is 3.98. The monoisotopic (exact) mass is 230 g/mol. The Balaban J connectivity index is 2.05. The first-order chi connectivity index (χ1) is 8.16. The average Bonchev–Trinajstić information content (AvgIpc) is 2.33. The van der Waals surface area contributed by atoms with Gasteiger partial charge in [-0.2, -0.15) is 0 Å². The highest BCUT2D eigenvalue weighted by Gasteiger charge is 2.18. The second kappa shape index (κ2) is 5.48. The molecular weight excluding hydrogens is 208 g/mol. The maximum atomic E-state index is 12.3. The molecule has 0 atom stereocenters. The van der Waals surface area contributed by atoms with Crippen molar-refractivity contribution in [1.29, 1.82) is 0 Å². The normalized spacial score (nSPS) is 17.1. The number of hydrogen-bond donors (Lipinski definition) is 0. The van der Waals surface area contributed by atoms with Crippen molar-refractivity contribution >= 4 is 5.78 Å². The third-order valence-corrected chi connectivity index (χ3v) is 3.89. The summed E-state index contributed by atoms with van der Waals surface area (Å²) in [4.78, 5) is 12.3. The van der Waals surface area contributed by atoms with Crippen LogP contribution in [0.15, 0.2) is 18.2 Å². The first-order valence-electron chi connectivity index (χ1n) is 6.77. The predicted octanol–water partition coefficient (Wildman–Crippen LogP) is 4.46.